The molecule has 0 heterocycles. The highest BCUT2D eigenvalue weighted by atomic mass is 31.0. The minimum Gasteiger partial charge on any atom is -0.399 e. The third kappa shape index (κ3) is 3.92. The molecule has 0 amide bonds. The van der Waals surface area contributed by atoms with Crippen LogP contribution in [0.4, 0.5) is 5.69 Å². The lowest BCUT2D eigenvalue weighted by atomic mass is 10.1. The van der Waals surface area contributed by atoms with Crippen LogP contribution in [0.3, 0.4) is 0 Å². The average molecular weight is 228 g/mol. The average Bonchev–Trinajstić information content (AvgIpc) is 2.22. The zero-order valence-electron chi connectivity index (χ0n) is 8.32. The molecule has 0 aliphatic heterocycles. The topological polar surface area (TPSA) is 29.3 Å². The maximum absolute atomic E-state index is 5.62. The fraction of sp³-hybridized carbons (Fsp3) is 0.400. The number of anilines is 1. The summed E-state index contributed by atoms with van der Waals surface area (Å²) in [7, 11) is 5.50. The summed E-state index contributed by atoms with van der Waals surface area (Å²) in [6, 6.07) is 8.11. The fourth-order valence-corrected chi connectivity index (χ4v) is 2.19. The Morgan fingerprint density at radius 2 is 1.64 bits per heavy atom. The molecule has 2 unspecified atom stereocenters. The van der Waals surface area contributed by atoms with Crippen LogP contribution in [0.5, 0.6) is 0 Å². The van der Waals surface area contributed by atoms with Crippen molar-refractivity contribution >= 4 is 24.2 Å². The fourth-order valence-electron chi connectivity index (χ4n) is 1.23. The van der Waals surface area contributed by atoms with Gasteiger partial charge in [-0.3, -0.25) is 4.90 Å². The van der Waals surface area contributed by atoms with Crippen molar-refractivity contribution < 1.29 is 0 Å². The van der Waals surface area contributed by atoms with Gasteiger partial charge in [0.05, 0.1) is 0 Å². The summed E-state index contributed by atoms with van der Waals surface area (Å²) in [5.41, 5.74) is 7.80. The van der Waals surface area contributed by atoms with Gasteiger partial charge in [-0.2, -0.15) is 0 Å². The molecule has 1 aromatic carbocycles. The molecule has 0 aromatic heterocycles. The van der Waals surface area contributed by atoms with Crippen LogP contribution in [0.25, 0.3) is 0 Å². The van der Waals surface area contributed by atoms with Gasteiger partial charge in [0.15, 0.2) is 0 Å². The highest BCUT2D eigenvalue weighted by Crippen LogP contribution is 2.07. The number of rotatable bonds is 5. The summed E-state index contributed by atoms with van der Waals surface area (Å²) in [6.07, 6.45) is 3.14. The van der Waals surface area contributed by atoms with Gasteiger partial charge in [-0.1, -0.05) is 12.1 Å². The molecule has 0 saturated carbocycles. The van der Waals surface area contributed by atoms with Gasteiger partial charge in [0, 0.05) is 24.8 Å². The minimum atomic E-state index is 0.836. The predicted octanol–water partition coefficient (Wildman–Crippen LogP) is 1.78. The lowest BCUT2D eigenvalue weighted by Crippen LogP contribution is -2.22. The van der Waals surface area contributed by atoms with E-state index in [9.17, 15) is 0 Å². The molecule has 0 spiro atoms. The molecule has 0 saturated heterocycles. The monoisotopic (exact) mass is 228 g/mol. The van der Waals surface area contributed by atoms with Crippen LogP contribution in [0, 0.1) is 0 Å². The predicted molar refractivity (Wildman–Crippen MR) is 70.4 cm³/mol. The number of nitrogen functional groups attached to an aromatic ring is 1. The van der Waals surface area contributed by atoms with Crippen LogP contribution in [0.2, 0.25) is 0 Å². The van der Waals surface area contributed by atoms with Gasteiger partial charge >= 0.3 is 0 Å². The van der Waals surface area contributed by atoms with Gasteiger partial charge in [0.25, 0.3) is 0 Å². The Morgan fingerprint density at radius 1 is 1.07 bits per heavy atom. The van der Waals surface area contributed by atoms with E-state index in [1.165, 1.54) is 5.56 Å². The highest BCUT2D eigenvalue weighted by molar-refractivity contribution is 7.17. The first-order valence-electron chi connectivity index (χ1n) is 4.73. The van der Waals surface area contributed by atoms with E-state index in [0.29, 0.717) is 0 Å². The molecule has 1 rings (SSSR count). The van der Waals surface area contributed by atoms with Gasteiger partial charge in [-0.05, 0) is 24.1 Å². The van der Waals surface area contributed by atoms with Gasteiger partial charge in [-0.15, -0.1) is 18.5 Å². The number of benzene rings is 1. The van der Waals surface area contributed by atoms with Crippen molar-refractivity contribution in [2.75, 3.05) is 24.9 Å². The zero-order valence-corrected chi connectivity index (χ0v) is 10.6. The maximum atomic E-state index is 5.62. The maximum Gasteiger partial charge on any atom is 0.0314 e. The number of hydrogen-bond acceptors (Lipinski definition) is 2. The lowest BCUT2D eigenvalue weighted by Gasteiger charge is -2.17. The number of hydrogen-bond donors (Lipinski definition) is 1. The van der Waals surface area contributed by atoms with E-state index < -0.39 is 0 Å². The van der Waals surface area contributed by atoms with E-state index in [-0.39, 0.29) is 0 Å². The Balaban J connectivity index is 2.41. The number of nitrogens with two attached hydrogens (primary N) is 1. The van der Waals surface area contributed by atoms with E-state index in [1.807, 2.05) is 12.1 Å². The largest absolute Gasteiger partial charge is 0.399 e. The van der Waals surface area contributed by atoms with Gasteiger partial charge in [0.1, 0.15) is 0 Å². The molecular weight excluding hydrogens is 210 g/mol. The summed E-state index contributed by atoms with van der Waals surface area (Å²) < 4.78 is 0. The summed E-state index contributed by atoms with van der Waals surface area (Å²) in [6.45, 7) is 1.09. The molecule has 2 N–H and O–H groups in total. The summed E-state index contributed by atoms with van der Waals surface area (Å²) in [5.74, 6) is 0. The van der Waals surface area contributed by atoms with E-state index in [2.05, 4.69) is 35.5 Å². The van der Waals surface area contributed by atoms with Crippen LogP contribution in [0.1, 0.15) is 5.56 Å². The molecule has 0 fully saturated rings. The molecule has 2 nitrogen and oxygen atoms in total. The quantitative estimate of drug-likeness (QED) is 0.614. The first-order valence-corrected chi connectivity index (χ1v) is 6.36. The molecule has 1 aromatic rings. The van der Waals surface area contributed by atoms with Crippen LogP contribution in [-0.4, -0.2) is 24.0 Å². The first-order chi connectivity index (χ1) is 6.76. The van der Waals surface area contributed by atoms with Crippen molar-refractivity contribution in [3.8, 4) is 0 Å². The Bertz CT molecular complexity index is 257. The third-order valence-electron chi connectivity index (χ3n) is 2.21. The Hall–Kier alpha value is -0.160. The molecule has 14 heavy (non-hydrogen) atoms. The summed E-state index contributed by atoms with van der Waals surface area (Å²) in [4.78, 5) is 2.35. The van der Waals surface area contributed by atoms with E-state index in [1.54, 1.807) is 0 Å². The summed E-state index contributed by atoms with van der Waals surface area (Å²) in [5, 5.41) is 0. The molecule has 0 bridgehead atoms. The van der Waals surface area contributed by atoms with Crippen molar-refractivity contribution in [1.29, 1.82) is 0 Å². The van der Waals surface area contributed by atoms with E-state index in [0.717, 1.165) is 31.2 Å². The van der Waals surface area contributed by atoms with Crippen molar-refractivity contribution in [3.05, 3.63) is 29.8 Å². The van der Waals surface area contributed by atoms with Gasteiger partial charge in [-0.25, -0.2) is 0 Å². The van der Waals surface area contributed by atoms with E-state index >= 15 is 0 Å². The third-order valence-corrected chi connectivity index (χ3v) is 3.25. The smallest absolute Gasteiger partial charge is 0.0314 e. The SMILES string of the molecule is Nc1ccc(CCN(CP)CP)cc1. The second-order valence-corrected chi connectivity index (χ2v) is 3.98. The second kappa shape index (κ2) is 6.35. The van der Waals surface area contributed by atoms with Crippen LogP contribution in [-0.2, 0) is 6.42 Å². The van der Waals surface area contributed by atoms with E-state index in [4.69, 9.17) is 5.73 Å². The normalized spacial score (nSPS) is 10.8. The van der Waals surface area contributed by atoms with Gasteiger partial charge in [0.2, 0.25) is 0 Å². The van der Waals surface area contributed by atoms with Crippen molar-refractivity contribution in [3.63, 3.8) is 0 Å². The Labute approximate surface area is 90.7 Å². The zero-order chi connectivity index (χ0) is 10.4. The Morgan fingerprint density at radius 3 is 2.14 bits per heavy atom. The second-order valence-electron chi connectivity index (χ2n) is 3.25. The van der Waals surface area contributed by atoms with Crippen LogP contribution in [0.15, 0.2) is 24.3 Å². The molecule has 0 aliphatic rings. The van der Waals surface area contributed by atoms with Crippen LogP contribution < -0.4 is 5.73 Å². The number of nitrogens with zero attached hydrogens (tertiary/aromatic N) is 1. The van der Waals surface area contributed by atoms with Crippen molar-refractivity contribution in [1.82, 2.24) is 4.90 Å². The van der Waals surface area contributed by atoms with Crippen LogP contribution >= 0.6 is 18.5 Å². The molecular formula is C10H18N2P2. The molecule has 2 atom stereocenters. The molecule has 4 heteroatoms. The van der Waals surface area contributed by atoms with Crippen molar-refractivity contribution in [2.24, 2.45) is 0 Å². The van der Waals surface area contributed by atoms with Gasteiger partial charge < -0.3 is 5.73 Å². The molecule has 0 radical (unpaired) electrons. The first kappa shape index (κ1) is 11.9. The highest BCUT2D eigenvalue weighted by Gasteiger charge is 1.99. The Kier molecular flexibility index (Phi) is 5.40. The minimum absolute atomic E-state index is 0.836. The molecule has 0 aliphatic carbocycles. The molecule has 78 valence electrons. The lowest BCUT2D eigenvalue weighted by molar-refractivity contribution is 0.381. The standard InChI is InChI=1S/C10H18N2P2/c11-10-3-1-9(2-4-10)5-6-12(7-13)8-14/h1-4H,5-8,11,13-14H2. The van der Waals surface area contributed by atoms with Crippen molar-refractivity contribution in [2.45, 2.75) is 6.42 Å². The summed E-state index contributed by atoms with van der Waals surface area (Å²) >= 11 is 0.